The van der Waals surface area contributed by atoms with Crippen molar-refractivity contribution in [1.82, 2.24) is 0 Å². The number of carboxylic acids is 1. The Morgan fingerprint density at radius 1 is 1.38 bits per heavy atom. The molecule has 1 N–H and O–H groups in total. The Morgan fingerprint density at radius 2 is 2.12 bits per heavy atom. The van der Waals surface area contributed by atoms with Crippen LogP contribution in [0.1, 0.15) is 5.56 Å². The van der Waals surface area contributed by atoms with Crippen LogP contribution >= 0.6 is 0 Å². The second kappa shape index (κ2) is 5.55. The van der Waals surface area contributed by atoms with Gasteiger partial charge in [0.25, 0.3) is 0 Å². The lowest BCUT2D eigenvalue weighted by atomic mass is 10.2. The summed E-state index contributed by atoms with van der Waals surface area (Å²) in [5.74, 6) is -0.751. The lowest BCUT2D eigenvalue weighted by Crippen LogP contribution is -2.07. The summed E-state index contributed by atoms with van der Waals surface area (Å²) in [4.78, 5) is 21.1. The molecule has 0 amide bonds. The maximum absolute atomic E-state index is 10.8. The summed E-state index contributed by atoms with van der Waals surface area (Å²) in [6.07, 6.45) is 1.57. The van der Waals surface area contributed by atoms with Crippen molar-refractivity contribution in [3.63, 3.8) is 0 Å². The third kappa shape index (κ3) is 3.83. The Labute approximate surface area is 91.9 Å². The lowest BCUT2D eigenvalue weighted by Gasteiger charge is -2.02. The van der Waals surface area contributed by atoms with E-state index < -0.39 is 12.1 Å². The van der Waals surface area contributed by atoms with Gasteiger partial charge in [-0.1, -0.05) is 12.1 Å². The Morgan fingerprint density at radius 3 is 2.75 bits per heavy atom. The summed E-state index contributed by atoms with van der Waals surface area (Å²) in [6.45, 7) is 0. The Balaban J connectivity index is 2.78. The molecule has 1 aromatic carbocycles. The second-order valence-corrected chi connectivity index (χ2v) is 2.80. The van der Waals surface area contributed by atoms with Crippen LogP contribution in [0.5, 0.6) is 5.75 Å². The fourth-order valence-electron chi connectivity index (χ4n) is 0.987. The number of aliphatic carboxylic acids is 1. The topological polar surface area (TPSA) is 72.8 Å². The quantitative estimate of drug-likeness (QED) is 0.480. The average molecular weight is 222 g/mol. The number of carbonyl (C=O) groups is 2. The van der Waals surface area contributed by atoms with Crippen molar-refractivity contribution in [2.75, 3.05) is 7.11 Å². The molecule has 0 radical (unpaired) electrons. The van der Waals surface area contributed by atoms with Crippen LogP contribution in [0.3, 0.4) is 0 Å². The first-order chi connectivity index (χ1) is 7.61. The largest absolute Gasteiger partial charge is 0.513 e. The molecule has 0 saturated heterocycles. The monoisotopic (exact) mass is 222 g/mol. The summed E-state index contributed by atoms with van der Waals surface area (Å²) in [7, 11) is 1.20. The Hall–Kier alpha value is -2.30. The molecular formula is C11H10O5. The summed E-state index contributed by atoms with van der Waals surface area (Å²) in [5, 5.41) is 8.44. The van der Waals surface area contributed by atoms with Gasteiger partial charge >= 0.3 is 12.1 Å². The molecule has 0 saturated carbocycles. The van der Waals surface area contributed by atoms with Crippen molar-refractivity contribution in [2.24, 2.45) is 0 Å². The standard InChI is InChI=1S/C11H10O5/c1-15-11(14)16-9-4-2-3-8(7-9)5-6-10(12)13/h2-7H,1H3,(H,12,13)/b6-5+. The van der Waals surface area contributed by atoms with Crippen LogP contribution in [0.15, 0.2) is 30.3 Å². The van der Waals surface area contributed by atoms with E-state index in [0.29, 0.717) is 11.3 Å². The Kier molecular flexibility index (Phi) is 4.08. The van der Waals surface area contributed by atoms with E-state index in [4.69, 9.17) is 9.84 Å². The van der Waals surface area contributed by atoms with E-state index in [1.54, 1.807) is 18.2 Å². The minimum Gasteiger partial charge on any atom is -0.478 e. The van der Waals surface area contributed by atoms with E-state index in [9.17, 15) is 9.59 Å². The second-order valence-electron chi connectivity index (χ2n) is 2.80. The summed E-state index contributed by atoms with van der Waals surface area (Å²) >= 11 is 0. The predicted octanol–water partition coefficient (Wildman–Crippen LogP) is 1.93. The van der Waals surface area contributed by atoms with E-state index in [2.05, 4.69) is 4.74 Å². The highest BCUT2D eigenvalue weighted by Gasteiger charge is 2.02. The van der Waals surface area contributed by atoms with Gasteiger partial charge in [-0.25, -0.2) is 9.59 Å². The molecule has 0 aliphatic carbocycles. The summed E-state index contributed by atoms with van der Waals surface area (Å²) in [5.41, 5.74) is 0.615. The van der Waals surface area contributed by atoms with Gasteiger partial charge < -0.3 is 14.6 Å². The predicted molar refractivity (Wildman–Crippen MR) is 56.1 cm³/mol. The molecule has 0 bridgehead atoms. The van der Waals surface area contributed by atoms with Gasteiger partial charge in [-0.3, -0.25) is 0 Å². The van der Waals surface area contributed by atoms with Crippen LogP contribution in [-0.2, 0) is 9.53 Å². The number of ether oxygens (including phenoxy) is 2. The van der Waals surface area contributed by atoms with Crippen molar-refractivity contribution in [2.45, 2.75) is 0 Å². The maximum atomic E-state index is 10.8. The zero-order valence-corrected chi connectivity index (χ0v) is 8.54. The van der Waals surface area contributed by atoms with Crippen LogP contribution in [0, 0.1) is 0 Å². The molecule has 0 aliphatic rings. The number of methoxy groups -OCH3 is 1. The molecule has 0 spiro atoms. The van der Waals surface area contributed by atoms with Gasteiger partial charge in [-0.15, -0.1) is 0 Å². The van der Waals surface area contributed by atoms with Crippen LogP contribution < -0.4 is 4.74 Å². The normalized spacial score (nSPS) is 10.1. The summed E-state index contributed by atoms with van der Waals surface area (Å²) in [6, 6.07) is 6.41. The molecule has 0 atom stereocenters. The van der Waals surface area contributed by atoms with Crippen molar-refractivity contribution < 1.29 is 24.2 Å². The van der Waals surface area contributed by atoms with E-state index in [0.717, 1.165) is 6.08 Å². The van der Waals surface area contributed by atoms with Crippen LogP contribution in [-0.4, -0.2) is 24.3 Å². The minimum absolute atomic E-state index is 0.291. The smallest absolute Gasteiger partial charge is 0.478 e. The fraction of sp³-hybridized carbons (Fsp3) is 0.0909. The molecular weight excluding hydrogens is 212 g/mol. The molecule has 5 heteroatoms. The molecule has 0 aliphatic heterocycles. The number of carbonyl (C=O) groups excluding carboxylic acids is 1. The van der Waals surface area contributed by atoms with E-state index in [1.165, 1.54) is 19.3 Å². The van der Waals surface area contributed by atoms with Crippen LogP contribution in [0.4, 0.5) is 4.79 Å². The SMILES string of the molecule is COC(=O)Oc1cccc(/C=C/C(=O)O)c1. The molecule has 0 aromatic heterocycles. The zero-order valence-electron chi connectivity index (χ0n) is 8.54. The first kappa shape index (κ1) is 11.8. The van der Waals surface area contributed by atoms with Crippen molar-refractivity contribution >= 4 is 18.2 Å². The van der Waals surface area contributed by atoms with Crippen molar-refractivity contribution in [3.05, 3.63) is 35.9 Å². The highest BCUT2D eigenvalue weighted by Crippen LogP contribution is 2.14. The van der Waals surface area contributed by atoms with Crippen LogP contribution in [0.2, 0.25) is 0 Å². The van der Waals surface area contributed by atoms with Gasteiger partial charge in [0.2, 0.25) is 0 Å². The summed E-state index contributed by atoms with van der Waals surface area (Å²) < 4.78 is 9.09. The molecule has 5 nitrogen and oxygen atoms in total. The van der Waals surface area contributed by atoms with Crippen molar-refractivity contribution in [1.29, 1.82) is 0 Å². The van der Waals surface area contributed by atoms with Crippen molar-refractivity contribution in [3.8, 4) is 5.75 Å². The van der Waals surface area contributed by atoms with E-state index in [-0.39, 0.29) is 0 Å². The molecule has 16 heavy (non-hydrogen) atoms. The first-order valence-electron chi connectivity index (χ1n) is 4.38. The Bertz CT molecular complexity index is 422. The van der Waals surface area contributed by atoms with Gasteiger partial charge in [0.1, 0.15) is 5.75 Å². The van der Waals surface area contributed by atoms with Gasteiger partial charge in [0.05, 0.1) is 7.11 Å². The third-order valence-electron chi connectivity index (χ3n) is 1.64. The molecule has 0 unspecified atom stereocenters. The van der Waals surface area contributed by atoms with Gasteiger partial charge in [-0.05, 0) is 23.8 Å². The third-order valence-corrected chi connectivity index (χ3v) is 1.64. The number of hydrogen-bond acceptors (Lipinski definition) is 4. The fourth-order valence-corrected chi connectivity index (χ4v) is 0.987. The van der Waals surface area contributed by atoms with Crippen LogP contribution in [0.25, 0.3) is 6.08 Å². The zero-order chi connectivity index (χ0) is 12.0. The van der Waals surface area contributed by atoms with E-state index in [1.807, 2.05) is 0 Å². The first-order valence-corrected chi connectivity index (χ1v) is 4.38. The number of rotatable bonds is 3. The highest BCUT2D eigenvalue weighted by atomic mass is 16.7. The maximum Gasteiger partial charge on any atom is 0.513 e. The minimum atomic E-state index is -1.04. The van der Waals surface area contributed by atoms with Gasteiger partial charge in [0, 0.05) is 6.08 Å². The molecule has 1 rings (SSSR count). The lowest BCUT2D eigenvalue weighted by molar-refractivity contribution is -0.131. The molecule has 0 heterocycles. The number of carboxylic acid groups (broad SMARTS) is 1. The number of benzene rings is 1. The van der Waals surface area contributed by atoms with Gasteiger partial charge in [0.15, 0.2) is 0 Å². The molecule has 84 valence electrons. The van der Waals surface area contributed by atoms with Gasteiger partial charge in [-0.2, -0.15) is 0 Å². The highest BCUT2D eigenvalue weighted by molar-refractivity contribution is 5.85. The molecule has 1 aromatic rings. The molecule has 0 fully saturated rings. The number of hydrogen-bond donors (Lipinski definition) is 1. The average Bonchev–Trinajstić information content (AvgIpc) is 2.26. The van der Waals surface area contributed by atoms with E-state index >= 15 is 0 Å².